The van der Waals surface area contributed by atoms with E-state index in [1.807, 2.05) is 50.2 Å². The number of ether oxygens (including phenoxy) is 2. The van der Waals surface area contributed by atoms with E-state index < -0.39 is 0 Å². The summed E-state index contributed by atoms with van der Waals surface area (Å²) in [6.45, 7) is 8.93. The van der Waals surface area contributed by atoms with Gasteiger partial charge >= 0.3 is 11.9 Å². The predicted octanol–water partition coefficient (Wildman–Crippen LogP) is 6.15. The molecule has 0 heterocycles. The minimum Gasteiger partial charge on any atom is -0.466 e. The summed E-state index contributed by atoms with van der Waals surface area (Å²) < 4.78 is 10.3. The Kier molecular flexibility index (Phi) is 10.6. The number of nitrogens with one attached hydrogen (secondary N) is 2. The van der Waals surface area contributed by atoms with Crippen molar-refractivity contribution in [2.75, 3.05) is 23.8 Å². The second kappa shape index (κ2) is 13.9. The van der Waals surface area contributed by atoms with Crippen molar-refractivity contribution in [3.63, 3.8) is 0 Å². The van der Waals surface area contributed by atoms with E-state index in [2.05, 4.69) is 48.7 Å². The number of carbonyl (C=O) groups excluding carboxylic acids is 2. The van der Waals surface area contributed by atoms with E-state index in [0.717, 1.165) is 37.1 Å². The maximum atomic E-state index is 11.8. The first-order chi connectivity index (χ1) is 17.4. The standard InChI is InChI=1S/2C15H21NO2/c2*1-3-18-15(17)14-10-13(9-11(14)2)16-12-7-5-4-6-8-12/h2*4-8,11,13-14,16H,3,9-10H2,1-2H3/t2*11-,13-,14+/m10/s1. The van der Waals surface area contributed by atoms with Crippen LogP contribution in [0.15, 0.2) is 60.7 Å². The van der Waals surface area contributed by atoms with E-state index in [4.69, 9.17) is 9.47 Å². The van der Waals surface area contributed by atoms with Gasteiger partial charge in [0.1, 0.15) is 0 Å². The number of rotatable bonds is 8. The zero-order chi connectivity index (χ0) is 25.9. The van der Waals surface area contributed by atoms with Gasteiger partial charge in [0.15, 0.2) is 0 Å². The molecule has 0 radical (unpaired) electrons. The third kappa shape index (κ3) is 8.00. The van der Waals surface area contributed by atoms with Crippen molar-refractivity contribution in [1.29, 1.82) is 0 Å². The number of anilines is 2. The monoisotopic (exact) mass is 494 g/mol. The van der Waals surface area contributed by atoms with E-state index >= 15 is 0 Å². The molecule has 2 N–H and O–H groups in total. The van der Waals surface area contributed by atoms with Crippen LogP contribution in [0, 0.1) is 23.7 Å². The molecule has 0 aromatic heterocycles. The van der Waals surface area contributed by atoms with Crippen LogP contribution in [-0.4, -0.2) is 37.2 Å². The Morgan fingerprint density at radius 3 is 1.36 bits per heavy atom. The lowest BCUT2D eigenvalue weighted by Crippen LogP contribution is -2.21. The van der Waals surface area contributed by atoms with Gasteiger partial charge in [-0.15, -0.1) is 0 Å². The van der Waals surface area contributed by atoms with E-state index in [1.54, 1.807) is 0 Å². The van der Waals surface area contributed by atoms with Gasteiger partial charge in [-0.25, -0.2) is 0 Å². The molecule has 2 aliphatic rings. The first-order valence-electron chi connectivity index (χ1n) is 13.4. The van der Waals surface area contributed by atoms with Crippen LogP contribution >= 0.6 is 0 Å². The van der Waals surface area contributed by atoms with Gasteiger partial charge in [-0.05, 0) is 75.6 Å². The molecule has 0 aliphatic heterocycles. The number of esters is 2. The predicted molar refractivity (Wildman–Crippen MR) is 145 cm³/mol. The summed E-state index contributed by atoms with van der Waals surface area (Å²) in [5.74, 6) is 0.803. The summed E-state index contributed by atoms with van der Waals surface area (Å²) in [6, 6.07) is 21.1. The van der Waals surface area contributed by atoms with Crippen LogP contribution in [0.25, 0.3) is 0 Å². The molecular formula is C30H42N2O4. The van der Waals surface area contributed by atoms with Crippen LogP contribution in [0.1, 0.15) is 53.4 Å². The highest BCUT2D eigenvalue weighted by molar-refractivity contribution is 5.74. The Hall–Kier alpha value is -3.02. The molecule has 6 nitrogen and oxygen atoms in total. The first-order valence-corrected chi connectivity index (χ1v) is 13.4. The molecule has 6 atom stereocenters. The van der Waals surface area contributed by atoms with E-state index in [-0.39, 0.29) is 23.8 Å². The van der Waals surface area contributed by atoms with Crippen molar-refractivity contribution in [1.82, 2.24) is 0 Å². The molecule has 2 aromatic carbocycles. The molecule has 36 heavy (non-hydrogen) atoms. The van der Waals surface area contributed by atoms with Crippen LogP contribution in [0.3, 0.4) is 0 Å². The maximum absolute atomic E-state index is 11.8. The quantitative estimate of drug-likeness (QED) is 0.429. The average Bonchev–Trinajstić information content (AvgIpc) is 3.42. The summed E-state index contributed by atoms with van der Waals surface area (Å²) in [4.78, 5) is 23.6. The molecule has 0 bridgehead atoms. The molecule has 2 fully saturated rings. The lowest BCUT2D eigenvalue weighted by Gasteiger charge is -2.14. The molecule has 0 spiro atoms. The highest BCUT2D eigenvalue weighted by atomic mass is 16.5. The summed E-state index contributed by atoms with van der Waals surface area (Å²) in [6.07, 6.45) is 3.79. The van der Waals surface area contributed by atoms with Crippen molar-refractivity contribution < 1.29 is 19.1 Å². The minimum absolute atomic E-state index is 0.0395. The molecule has 0 saturated heterocycles. The zero-order valence-corrected chi connectivity index (χ0v) is 22.1. The third-order valence-corrected chi connectivity index (χ3v) is 7.23. The van der Waals surface area contributed by atoms with Crippen molar-refractivity contribution in [2.24, 2.45) is 23.7 Å². The molecule has 0 amide bonds. The van der Waals surface area contributed by atoms with Crippen LogP contribution in [0.4, 0.5) is 11.4 Å². The van der Waals surface area contributed by atoms with Crippen molar-refractivity contribution in [2.45, 2.75) is 65.5 Å². The van der Waals surface area contributed by atoms with Gasteiger partial charge in [-0.3, -0.25) is 9.59 Å². The smallest absolute Gasteiger partial charge is 0.309 e. The van der Waals surface area contributed by atoms with Gasteiger partial charge in [0.25, 0.3) is 0 Å². The lowest BCUT2D eigenvalue weighted by atomic mass is 9.99. The lowest BCUT2D eigenvalue weighted by molar-refractivity contribution is -0.150. The van der Waals surface area contributed by atoms with E-state index in [1.165, 1.54) is 0 Å². The number of benzene rings is 2. The van der Waals surface area contributed by atoms with Crippen molar-refractivity contribution in [3.05, 3.63) is 60.7 Å². The van der Waals surface area contributed by atoms with Gasteiger partial charge in [-0.1, -0.05) is 50.2 Å². The van der Waals surface area contributed by atoms with Gasteiger partial charge in [0.05, 0.1) is 25.0 Å². The molecule has 2 aromatic rings. The van der Waals surface area contributed by atoms with Crippen LogP contribution in [0.5, 0.6) is 0 Å². The molecule has 2 saturated carbocycles. The Balaban J connectivity index is 0.000000201. The topological polar surface area (TPSA) is 76.7 Å². The Labute approximate surface area is 216 Å². The highest BCUT2D eigenvalue weighted by Crippen LogP contribution is 2.35. The van der Waals surface area contributed by atoms with Crippen molar-refractivity contribution in [3.8, 4) is 0 Å². The molecule has 0 unspecified atom stereocenters. The fourth-order valence-corrected chi connectivity index (χ4v) is 5.43. The largest absolute Gasteiger partial charge is 0.466 e. The van der Waals surface area contributed by atoms with Crippen molar-refractivity contribution >= 4 is 23.3 Å². The fourth-order valence-electron chi connectivity index (χ4n) is 5.43. The van der Waals surface area contributed by atoms with Gasteiger partial charge in [0.2, 0.25) is 0 Å². The zero-order valence-electron chi connectivity index (χ0n) is 22.1. The van der Waals surface area contributed by atoms with Gasteiger partial charge < -0.3 is 20.1 Å². The summed E-state index contributed by atoms with van der Waals surface area (Å²) >= 11 is 0. The van der Waals surface area contributed by atoms with Gasteiger partial charge in [-0.2, -0.15) is 0 Å². The second-order valence-corrected chi connectivity index (χ2v) is 10.0. The number of hydrogen-bond acceptors (Lipinski definition) is 6. The van der Waals surface area contributed by atoms with Crippen LogP contribution in [0.2, 0.25) is 0 Å². The molecule has 2 aliphatic carbocycles. The summed E-state index contributed by atoms with van der Waals surface area (Å²) in [5, 5.41) is 6.98. The highest BCUT2D eigenvalue weighted by Gasteiger charge is 2.37. The first kappa shape index (κ1) is 27.6. The maximum Gasteiger partial charge on any atom is 0.309 e. The Morgan fingerprint density at radius 1 is 0.667 bits per heavy atom. The molecule has 196 valence electrons. The number of para-hydroxylation sites is 2. The second-order valence-electron chi connectivity index (χ2n) is 10.0. The fraction of sp³-hybridized carbons (Fsp3) is 0.533. The van der Waals surface area contributed by atoms with Gasteiger partial charge in [0, 0.05) is 23.5 Å². The normalized spacial score (nSPS) is 26.9. The third-order valence-electron chi connectivity index (χ3n) is 7.23. The number of carbonyl (C=O) groups is 2. The number of hydrogen-bond donors (Lipinski definition) is 2. The minimum atomic E-state index is -0.0395. The summed E-state index contributed by atoms with van der Waals surface area (Å²) in [7, 11) is 0. The van der Waals surface area contributed by atoms with Crippen LogP contribution in [-0.2, 0) is 19.1 Å². The summed E-state index contributed by atoms with van der Waals surface area (Å²) in [5.41, 5.74) is 2.25. The van der Waals surface area contributed by atoms with E-state index in [9.17, 15) is 9.59 Å². The molecular weight excluding hydrogens is 452 g/mol. The Bertz CT molecular complexity index is 859. The van der Waals surface area contributed by atoms with E-state index in [0.29, 0.717) is 37.1 Å². The molecule has 4 rings (SSSR count). The average molecular weight is 495 g/mol. The van der Waals surface area contributed by atoms with Crippen LogP contribution < -0.4 is 10.6 Å². The SMILES string of the molecule is CCOC(=O)[C@@H]1C[C@@H](Nc2ccccc2)C[C@@H]1C.CCOC(=O)[C@H]1C[C@H](Nc2ccccc2)C[C@H]1C. The molecule has 6 heteroatoms. The Morgan fingerprint density at radius 2 is 1.03 bits per heavy atom.